The Labute approximate surface area is 161 Å². The summed E-state index contributed by atoms with van der Waals surface area (Å²) in [6, 6.07) is 0. The van der Waals surface area contributed by atoms with Gasteiger partial charge in [-0.05, 0) is 18.3 Å². The minimum Gasteiger partial charge on any atom is -0.465 e. The van der Waals surface area contributed by atoms with Crippen LogP contribution < -0.4 is 0 Å². The van der Waals surface area contributed by atoms with Gasteiger partial charge in [0.2, 0.25) is 0 Å². The van der Waals surface area contributed by atoms with Gasteiger partial charge < -0.3 is 9.47 Å². The zero-order chi connectivity index (χ0) is 19.8. The van der Waals surface area contributed by atoms with Gasteiger partial charge in [0.15, 0.2) is 0 Å². The Hall–Kier alpha value is -1.06. The first-order valence-corrected chi connectivity index (χ1v) is 10.7. The van der Waals surface area contributed by atoms with Crippen molar-refractivity contribution in [2.24, 2.45) is 17.8 Å². The molecule has 0 rings (SSSR count). The Morgan fingerprint density at radius 2 is 1.23 bits per heavy atom. The van der Waals surface area contributed by atoms with Gasteiger partial charge in [-0.1, -0.05) is 86.0 Å². The maximum Gasteiger partial charge on any atom is 0.309 e. The van der Waals surface area contributed by atoms with E-state index in [4.69, 9.17) is 9.47 Å². The smallest absolute Gasteiger partial charge is 0.309 e. The Morgan fingerprint density at radius 1 is 0.731 bits per heavy atom. The molecule has 1 atom stereocenters. The molecule has 0 heterocycles. The molecule has 4 nitrogen and oxygen atoms in total. The van der Waals surface area contributed by atoms with Crippen molar-refractivity contribution in [2.45, 2.75) is 98.8 Å². The second-order valence-corrected chi connectivity index (χ2v) is 8.27. The average Bonchev–Trinajstić information content (AvgIpc) is 2.59. The molecule has 1 unspecified atom stereocenters. The van der Waals surface area contributed by atoms with E-state index >= 15 is 0 Å². The molecular formula is C22H42O4. The lowest BCUT2D eigenvalue weighted by molar-refractivity contribution is -0.156. The standard InChI is InChI=1S/C22H42O4/c1-6-7-8-9-10-11-12-13-14-20(22(24)26-17-19(4)5)15-21(23)25-16-18(2)3/h18-20H,6-17H2,1-5H3. The zero-order valence-electron chi connectivity index (χ0n) is 17.9. The summed E-state index contributed by atoms with van der Waals surface area (Å²) in [5.74, 6) is -0.296. The number of hydrogen-bond donors (Lipinski definition) is 0. The molecule has 26 heavy (non-hydrogen) atoms. The van der Waals surface area contributed by atoms with Crippen LogP contribution in [0.15, 0.2) is 0 Å². The van der Waals surface area contributed by atoms with E-state index < -0.39 is 0 Å². The normalized spacial score (nSPS) is 12.4. The van der Waals surface area contributed by atoms with E-state index in [9.17, 15) is 9.59 Å². The predicted octanol–water partition coefficient (Wildman–Crippen LogP) is 5.92. The predicted molar refractivity (Wildman–Crippen MR) is 107 cm³/mol. The number of carbonyl (C=O) groups excluding carboxylic acids is 2. The van der Waals surface area contributed by atoms with Crippen LogP contribution in [0, 0.1) is 17.8 Å². The molecule has 0 aliphatic rings. The first kappa shape index (κ1) is 24.9. The Bertz CT molecular complexity index is 363. The van der Waals surface area contributed by atoms with E-state index in [0.29, 0.717) is 31.5 Å². The molecular weight excluding hydrogens is 328 g/mol. The lowest BCUT2D eigenvalue weighted by Crippen LogP contribution is -2.24. The number of unbranched alkanes of at least 4 members (excludes halogenated alkanes) is 7. The molecule has 0 saturated heterocycles. The lowest BCUT2D eigenvalue weighted by atomic mass is 9.97. The van der Waals surface area contributed by atoms with Gasteiger partial charge in [-0.15, -0.1) is 0 Å². The molecule has 0 saturated carbocycles. The third-order valence-electron chi connectivity index (χ3n) is 4.29. The maximum atomic E-state index is 12.3. The van der Waals surface area contributed by atoms with Gasteiger partial charge in [0.1, 0.15) is 0 Å². The van der Waals surface area contributed by atoms with Gasteiger partial charge in [-0.25, -0.2) is 0 Å². The highest BCUT2D eigenvalue weighted by molar-refractivity contribution is 5.79. The fourth-order valence-electron chi connectivity index (χ4n) is 2.71. The highest BCUT2D eigenvalue weighted by Gasteiger charge is 2.24. The maximum absolute atomic E-state index is 12.3. The Kier molecular flexibility index (Phi) is 15.5. The Morgan fingerprint density at radius 3 is 1.77 bits per heavy atom. The summed E-state index contributed by atoms with van der Waals surface area (Å²) in [6.45, 7) is 11.1. The Balaban J connectivity index is 4.22. The van der Waals surface area contributed by atoms with Crippen LogP contribution in [0.2, 0.25) is 0 Å². The molecule has 4 heteroatoms. The summed E-state index contributed by atoms with van der Waals surface area (Å²) in [6.07, 6.45) is 10.6. The van der Waals surface area contributed by atoms with Crippen LogP contribution in [0.1, 0.15) is 98.8 Å². The van der Waals surface area contributed by atoms with Crippen molar-refractivity contribution < 1.29 is 19.1 Å². The van der Waals surface area contributed by atoms with Gasteiger partial charge in [0, 0.05) is 0 Å². The highest BCUT2D eigenvalue weighted by Crippen LogP contribution is 2.19. The first-order chi connectivity index (χ1) is 12.4. The topological polar surface area (TPSA) is 52.6 Å². The van der Waals surface area contributed by atoms with E-state index in [-0.39, 0.29) is 24.3 Å². The molecule has 0 spiro atoms. The van der Waals surface area contributed by atoms with Crippen LogP contribution in [-0.2, 0) is 19.1 Å². The van der Waals surface area contributed by atoms with E-state index in [2.05, 4.69) is 6.92 Å². The van der Waals surface area contributed by atoms with Crippen molar-refractivity contribution in [1.29, 1.82) is 0 Å². The summed E-state index contributed by atoms with van der Waals surface area (Å²) >= 11 is 0. The van der Waals surface area contributed by atoms with Gasteiger partial charge in [0.25, 0.3) is 0 Å². The largest absolute Gasteiger partial charge is 0.465 e. The third-order valence-corrected chi connectivity index (χ3v) is 4.29. The molecule has 0 bridgehead atoms. The average molecular weight is 371 g/mol. The van der Waals surface area contributed by atoms with Crippen LogP contribution in [-0.4, -0.2) is 25.2 Å². The minimum atomic E-state index is -0.367. The minimum absolute atomic E-state index is 0.139. The second-order valence-electron chi connectivity index (χ2n) is 8.27. The lowest BCUT2D eigenvalue weighted by Gasteiger charge is -2.17. The van der Waals surface area contributed by atoms with Crippen molar-refractivity contribution in [3.8, 4) is 0 Å². The molecule has 0 fully saturated rings. The van der Waals surface area contributed by atoms with Crippen molar-refractivity contribution >= 4 is 11.9 Å². The second kappa shape index (κ2) is 16.1. The van der Waals surface area contributed by atoms with Crippen LogP contribution in [0.5, 0.6) is 0 Å². The molecule has 0 aromatic carbocycles. The van der Waals surface area contributed by atoms with Crippen molar-refractivity contribution in [3.63, 3.8) is 0 Å². The fourth-order valence-corrected chi connectivity index (χ4v) is 2.71. The SMILES string of the molecule is CCCCCCCCCCC(CC(=O)OCC(C)C)C(=O)OCC(C)C. The highest BCUT2D eigenvalue weighted by atomic mass is 16.5. The summed E-state index contributed by atoms with van der Waals surface area (Å²) in [5, 5.41) is 0. The zero-order valence-corrected chi connectivity index (χ0v) is 17.9. The van der Waals surface area contributed by atoms with E-state index in [1.165, 1.54) is 38.5 Å². The van der Waals surface area contributed by atoms with Gasteiger partial charge >= 0.3 is 11.9 Å². The van der Waals surface area contributed by atoms with Crippen LogP contribution >= 0.6 is 0 Å². The first-order valence-electron chi connectivity index (χ1n) is 10.7. The molecule has 0 radical (unpaired) electrons. The van der Waals surface area contributed by atoms with E-state index in [1.54, 1.807) is 0 Å². The molecule has 0 aliphatic carbocycles. The van der Waals surface area contributed by atoms with Crippen molar-refractivity contribution in [1.82, 2.24) is 0 Å². The molecule has 154 valence electrons. The molecule has 0 aromatic heterocycles. The summed E-state index contributed by atoms with van der Waals surface area (Å²) in [7, 11) is 0. The number of carbonyl (C=O) groups is 2. The van der Waals surface area contributed by atoms with Crippen molar-refractivity contribution in [2.75, 3.05) is 13.2 Å². The number of hydrogen-bond acceptors (Lipinski definition) is 4. The van der Waals surface area contributed by atoms with Crippen LogP contribution in [0.4, 0.5) is 0 Å². The quantitative estimate of drug-likeness (QED) is 0.250. The number of ether oxygens (including phenoxy) is 2. The van der Waals surface area contributed by atoms with E-state index in [1.807, 2.05) is 27.7 Å². The number of esters is 2. The van der Waals surface area contributed by atoms with Gasteiger partial charge in [-0.3, -0.25) is 9.59 Å². The summed E-state index contributed by atoms with van der Waals surface area (Å²) in [4.78, 5) is 24.3. The molecule has 0 aromatic rings. The monoisotopic (exact) mass is 370 g/mol. The van der Waals surface area contributed by atoms with Crippen LogP contribution in [0.3, 0.4) is 0 Å². The number of rotatable bonds is 16. The van der Waals surface area contributed by atoms with Crippen molar-refractivity contribution in [3.05, 3.63) is 0 Å². The van der Waals surface area contributed by atoms with Gasteiger partial charge in [-0.2, -0.15) is 0 Å². The van der Waals surface area contributed by atoms with Crippen LogP contribution in [0.25, 0.3) is 0 Å². The summed E-state index contributed by atoms with van der Waals surface area (Å²) in [5.41, 5.74) is 0. The van der Waals surface area contributed by atoms with E-state index in [0.717, 1.165) is 12.8 Å². The molecule has 0 aliphatic heterocycles. The van der Waals surface area contributed by atoms with Gasteiger partial charge in [0.05, 0.1) is 25.6 Å². The summed E-state index contributed by atoms with van der Waals surface area (Å²) < 4.78 is 10.6. The molecule has 0 N–H and O–H groups in total. The molecule has 0 amide bonds. The fraction of sp³-hybridized carbons (Fsp3) is 0.909. The third kappa shape index (κ3) is 15.2.